The fourth-order valence-electron chi connectivity index (χ4n) is 3.08. The zero-order valence-electron chi connectivity index (χ0n) is 15.6. The summed E-state index contributed by atoms with van der Waals surface area (Å²) >= 11 is 0. The smallest absolute Gasteiger partial charge is 0.406 e. The average molecular weight is 470 g/mol. The molecule has 1 N–H and O–H groups in total. The second-order valence-corrected chi connectivity index (χ2v) is 8.33. The van der Waals surface area contributed by atoms with Crippen LogP contribution in [0.5, 0.6) is 11.5 Å². The molecule has 13 heteroatoms. The fraction of sp³-hybridized carbons (Fsp3) is 0.333. The van der Waals surface area contributed by atoms with E-state index in [-0.39, 0.29) is 11.4 Å². The summed E-state index contributed by atoms with van der Waals surface area (Å²) in [5, 5.41) is 0. The van der Waals surface area contributed by atoms with Crippen molar-refractivity contribution in [1.29, 1.82) is 0 Å². The fourth-order valence-corrected chi connectivity index (χ4v) is 4.34. The highest BCUT2D eigenvalue weighted by molar-refractivity contribution is 7.89. The molecule has 0 aromatic heterocycles. The number of rotatable bonds is 6. The molecule has 1 aliphatic heterocycles. The molecule has 0 amide bonds. The van der Waals surface area contributed by atoms with Gasteiger partial charge in [0.15, 0.2) is 0 Å². The highest BCUT2D eigenvalue weighted by Gasteiger charge is 2.33. The highest BCUT2D eigenvalue weighted by Crippen LogP contribution is 2.29. The molecular weight excluding hydrogens is 454 g/mol. The van der Waals surface area contributed by atoms with Gasteiger partial charge in [0.05, 0.1) is 4.90 Å². The number of alkyl halides is 6. The van der Waals surface area contributed by atoms with Crippen LogP contribution < -0.4 is 19.1 Å². The first-order chi connectivity index (χ1) is 14.3. The Kier molecular flexibility index (Phi) is 6.28. The number of sulfonamides is 1. The number of benzene rings is 2. The van der Waals surface area contributed by atoms with Crippen LogP contribution in [0, 0.1) is 0 Å². The van der Waals surface area contributed by atoms with Crippen LogP contribution in [0.25, 0.3) is 0 Å². The summed E-state index contributed by atoms with van der Waals surface area (Å²) in [4.78, 5) is 1.44. The molecule has 0 radical (unpaired) electrons. The van der Waals surface area contributed by atoms with E-state index in [0.717, 1.165) is 30.3 Å². The molecule has 6 nitrogen and oxygen atoms in total. The zero-order valence-corrected chi connectivity index (χ0v) is 16.4. The van der Waals surface area contributed by atoms with Gasteiger partial charge >= 0.3 is 12.7 Å². The van der Waals surface area contributed by atoms with Crippen molar-refractivity contribution in [2.24, 2.45) is 0 Å². The van der Waals surface area contributed by atoms with E-state index in [9.17, 15) is 34.8 Å². The summed E-state index contributed by atoms with van der Waals surface area (Å²) in [6.07, 6.45) is -9.35. The van der Waals surface area contributed by atoms with Gasteiger partial charge in [0.25, 0.3) is 0 Å². The Balaban J connectivity index is 1.63. The maximum Gasteiger partial charge on any atom is 0.573 e. The van der Waals surface area contributed by atoms with Gasteiger partial charge in [-0.25, -0.2) is 13.1 Å². The Morgan fingerprint density at radius 1 is 0.903 bits per heavy atom. The third kappa shape index (κ3) is 6.66. The molecule has 1 aliphatic rings. The lowest BCUT2D eigenvalue weighted by molar-refractivity contribution is -0.275. The van der Waals surface area contributed by atoms with Gasteiger partial charge in [0.2, 0.25) is 10.0 Å². The number of hydrogen-bond acceptors (Lipinski definition) is 5. The minimum absolute atomic E-state index is 0.184. The number of ether oxygens (including phenoxy) is 2. The van der Waals surface area contributed by atoms with Gasteiger partial charge in [0.1, 0.15) is 11.5 Å². The molecule has 1 atom stereocenters. The number of anilines is 1. The van der Waals surface area contributed by atoms with E-state index in [1.165, 1.54) is 12.1 Å². The summed E-state index contributed by atoms with van der Waals surface area (Å²) in [5.74, 6) is -0.949. The lowest BCUT2D eigenvalue weighted by atomic mass is 10.3. The summed E-state index contributed by atoms with van der Waals surface area (Å²) in [7, 11) is -4.03. The van der Waals surface area contributed by atoms with E-state index in [1.54, 1.807) is 11.0 Å². The van der Waals surface area contributed by atoms with Crippen LogP contribution in [-0.2, 0) is 10.0 Å². The average Bonchev–Trinajstić information content (AvgIpc) is 3.07. The number of nitrogens with one attached hydrogen (secondary N) is 1. The summed E-state index contributed by atoms with van der Waals surface area (Å²) in [6.45, 7) is 0.561. The van der Waals surface area contributed by atoms with Crippen LogP contribution in [0.15, 0.2) is 53.4 Å². The van der Waals surface area contributed by atoms with Crippen LogP contribution in [0.2, 0.25) is 0 Å². The molecule has 0 aliphatic carbocycles. The largest absolute Gasteiger partial charge is 0.573 e. The lowest BCUT2D eigenvalue weighted by Crippen LogP contribution is -2.37. The zero-order chi connectivity index (χ0) is 22.9. The van der Waals surface area contributed by atoms with Crippen molar-refractivity contribution in [3.8, 4) is 11.5 Å². The third-order valence-electron chi connectivity index (χ3n) is 4.29. The molecule has 1 unspecified atom stereocenters. The third-order valence-corrected chi connectivity index (χ3v) is 5.83. The van der Waals surface area contributed by atoms with Crippen LogP contribution in [-0.4, -0.2) is 40.3 Å². The van der Waals surface area contributed by atoms with Crippen LogP contribution in [0.4, 0.5) is 32.0 Å². The van der Waals surface area contributed by atoms with Gasteiger partial charge in [-0.3, -0.25) is 0 Å². The van der Waals surface area contributed by atoms with Crippen LogP contribution in [0.1, 0.15) is 6.42 Å². The van der Waals surface area contributed by atoms with Gasteiger partial charge in [-0.2, -0.15) is 0 Å². The maximum atomic E-state index is 12.5. The van der Waals surface area contributed by atoms with Gasteiger partial charge < -0.3 is 14.4 Å². The van der Waals surface area contributed by atoms with E-state index < -0.39 is 40.3 Å². The molecule has 2 aromatic rings. The highest BCUT2D eigenvalue weighted by atomic mass is 32.2. The Bertz CT molecular complexity index is 1010. The predicted molar refractivity (Wildman–Crippen MR) is 97.2 cm³/mol. The first-order valence-corrected chi connectivity index (χ1v) is 10.3. The van der Waals surface area contributed by atoms with Crippen molar-refractivity contribution >= 4 is 15.7 Å². The molecule has 1 fully saturated rings. The summed E-state index contributed by atoms with van der Waals surface area (Å²) in [5.41, 5.74) is 0.428. The topological polar surface area (TPSA) is 67.9 Å². The standard InChI is InChI=1S/C18H16F6N2O4S/c19-17(20,21)29-14-4-6-16(7-5-14)31(27,28)25-12-8-9-26(11-12)13-2-1-3-15(10-13)30-18(22,23)24/h1-7,10,12,25H,8-9,11H2. The molecule has 2 aromatic carbocycles. The SMILES string of the molecule is O=S(=O)(NC1CCN(c2cccc(OC(F)(F)F)c2)C1)c1ccc(OC(F)(F)F)cc1. The van der Waals surface area contributed by atoms with Gasteiger partial charge in [0, 0.05) is 30.9 Å². The minimum atomic E-state index is -4.89. The van der Waals surface area contributed by atoms with Crippen molar-refractivity contribution in [3.05, 3.63) is 48.5 Å². The number of hydrogen-bond donors (Lipinski definition) is 1. The van der Waals surface area contributed by atoms with E-state index in [0.29, 0.717) is 18.7 Å². The van der Waals surface area contributed by atoms with E-state index in [1.807, 2.05) is 0 Å². The summed E-state index contributed by atoms with van der Waals surface area (Å²) in [6, 6.07) is 8.48. The minimum Gasteiger partial charge on any atom is -0.406 e. The summed E-state index contributed by atoms with van der Waals surface area (Å²) < 4.78 is 109. The van der Waals surface area contributed by atoms with Gasteiger partial charge in [-0.1, -0.05) is 6.07 Å². The quantitative estimate of drug-likeness (QED) is 0.646. The second kappa shape index (κ2) is 8.46. The Labute approximate surface area is 173 Å². The molecular formula is C18H16F6N2O4S. The number of nitrogens with zero attached hydrogens (tertiary/aromatic N) is 1. The monoisotopic (exact) mass is 470 g/mol. The van der Waals surface area contributed by atoms with Gasteiger partial charge in [-0.15, -0.1) is 26.3 Å². The van der Waals surface area contributed by atoms with Crippen molar-refractivity contribution in [1.82, 2.24) is 4.72 Å². The van der Waals surface area contributed by atoms with Crippen LogP contribution >= 0.6 is 0 Å². The molecule has 0 spiro atoms. The molecule has 0 saturated carbocycles. The van der Waals surface area contributed by atoms with Crippen molar-refractivity contribution in [2.45, 2.75) is 30.1 Å². The second-order valence-electron chi connectivity index (χ2n) is 6.62. The van der Waals surface area contributed by atoms with E-state index >= 15 is 0 Å². The van der Waals surface area contributed by atoms with Crippen molar-refractivity contribution in [2.75, 3.05) is 18.0 Å². The Hall–Kier alpha value is -2.67. The maximum absolute atomic E-state index is 12.5. The van der Waals surface area contributed by atoms with Crippen molar-refractivity contribution < 1.29 is 44.2 Å². The molecule has 0 bridgehead atoms. The van der Waals surface area contributed by atoms with Gasteiger partial charge in [-0.05, 0) is 42.8 Å². The normalized spacial score (nSPS) is 17.6. The van der Waals surface area contributed by atoms with E-state index in [4.69, 9.17) is 0 Å². The van der Waals surface area contributed by atoms with E-state index in [2.05, 4.69) is 14.2 Å². The predicted octanol–water partition coefficient (Wildman–Crippen LogP) is 4.04. The molecule has 3 rings (SSSR count). The van der Waals surface area contributed by atoms with Crippen LogP contribution in [0.3, 0.4) is 0 Å². The molecule has 1 saturated heterocycles. The Morgan fingerprint density at radius 3 is 2.13 bits per heavy atom. The van der Waals surface area contributed by atoms with Crippen molar-refractivity contribution in [3.63, 3.8) is 0 Å². The number of halogens is 6. The lowest BCUT2D eigenvalue weighted by Gasteiger charge is -2.20. The first-order valence-electron chi connectivity index (χ1n) is 8.80. The molecule has 31 heavy (non-hydrogen) atoms. The molecule has 170 valence electrons. The first kappa shape index (κ1) is 23.0. The Morgan fingerprint density at radius 2 is 1.52 bits per heavy atom. The molecule has 1 heterocycles.